The van der Waals surface area contributed by atoms with Gasteiger partial charge in [-0.15, -0.1) is 0 Å². The Balaban J connectivity index is 1.69. The van der Waals surface area contributed by atoms with Crippen molar-refractivity contribution in [2.75, 3.05) is 19.0 Å². The standard InChI is InChI=1S/C23H26FN3O6/c1-23(2,3)33-21(29)26-17-7-5-6-15(20(17)24)12-27-11-14-8-9-16(31-13-19(28)25-4)10-18(14)32-22(27)30/h5-10H,11-13H2,1-4H3,(H,25,28)(H,26,29). The summed E-state index contributed by atoms with van der Waals surface area (Å²) in [4.78, 5) is 37.1. The van der Waals surface area contributed by atoms with Gasteiger partial charge in [0.1, 0.15) is 17.1 Å². The first-order valence-corrected chi connectivity index (χ1v) is 10.3. The Labute approximate surface area is 190 Å². The number of nitrogens with zero attached hydrogens (tertiary/aromatic N) is 1. The van der Waals surface area contributed by atoms with Crippen LogP contribution in [0.5, 0.6) is 11.5 Å². The van der Waals surface area contributed by atoms with E-state index in [9.17, 15) is 18.8 Å². The van der Waals surface area contributed by atoms with Crippen LogP contribution in [-0.2, 0) is 22.6 Å². The minimum atomic E-state index is -0.778. The normalized spacial score (nSPS) is 13.0. The molecular weight excluding hydrogens is 433 g/mol. The van der Waals surface area contributed by atoms with Crippen LogP contribution in [0, 0.1) is 5.82 Å². The largest absolute Gasteiger partial charge is 0.484 e. The first kappa shape index (κ1) is 23.8. The lowest BCUT2D eigenvalue weighted by Crippen LogP contribution is -2.36. The van der Waals surface area contributed by atoms with Gasteiger partial charge in [0, 0.05) is 24.2 Å². The lowest BCUT2D eigenvalue weighted by molar-refractivity contribution is -0.122. The number of hydrogen-bond acceptors (Lipinski definition) is 6. The molecule has 0 fully saturated rings. The van der Waals surface area contributed by atoms with Crippen molar-refractivity contribution in [3.8, 4) is 11.5 Å². The van der Waals surface area contributed by atoms with Crippen LogP contribution < -0.4 is 20.1 Å². The molecule has 3 amide bonds. The molecule has 1 heterocycles. The Morgan fingerprint density at radius 1 is 1.21 bits per heavy atom. The fraction of sp³-hybridized carbons (Fsp3) is 0.348. The molecule has 0 unspecified atom stereocenters. The van der Waals surface area contributed by atoms with Crippen LogP contribution in [-0.4, -0.2) is 42.2 Å². The van der Waals surface area contributed by atoms with Gasteiger partial charge in [0.05, 0.1) is 18.8 Å². The highest BCUT2D eigenvalue weighted by atomic mass is 19.1. The molecule has 3 rings (SSSR count). The Morgan fingerprint density at radius 2 is 1.97 bits per heavy atom. The van der Waals surface area contributed by atoms with Gasteiger partial charge in [-0.25, -0.2) is 14.0 Å². The van der Waals surface area contributed by atoms with Crippen molar-refractivity contribution < 1.29 is 33.0 Å². The van der Waals surface area contributed by atoms with Gasteiger partial charge in [-0.1, -0.05) is 12.1 Å². The molecule has 0 saturated carbocycles. The highest BCUT2D eigenvalue weighted by Gasteiger charge is 2.27. The Hall–Kier alpha value is -3.82. The van der Waals surface area contributed by atoms with Crippen LogP contribution in [0.15, 0.2) is 36.4 Å². The second-order valence-electron chi connectivity index (χ2n) is 8.36. The number of hydrogen-bond donors (Lipinski definition) is 2. The van der Waals surface area contributed by atoms with E-state index in [1.165, 1.54) is 30.1 Å². The van der Waals surface area contributed by atoms with Crippen LogP contribution in [0.1, 0.15) is 31.9 Å². The van der Waals surface area contributed by atoms with Gasteiger partial charge in [-0.05, 0) is 39.0 Å². The monoisotopic (exact) mass is 459 g/mol. The van der Waals surface area contributed by atoms with Gasteiger partial charge in [-0.3, -0.25) is 15.0 Å². The highest BCUT2D eigenvalue weighted by molar-refractivity contribution is 5.85. The van der Waals surface area contributed by atoms with E-state index in [0.29, 0.717) is 17.1 Å². The smallest absolute Gasteiger partial charge is 0.415 e. The molecule has 0 saturated heterocycles. The van der Waals surface area contributed by atoms with E-state index in [-0.39, 0.29) is 36.9 Å². The molecule has 1 aliphatic rings. The second kappa shape index (κ2) is 9.76. The molecule has 2 aromatic carbocycles. The zero-order valence-corrected chi connectivity index (χ0v) is 18.9. The van der Waals surface area contributed by atoms with Crippen LogP contribution in [0.2, 0.25) is 0 Å². The van der Waals surface area contributed by atoms with Crippen molar-refractivity contribution in [3.05, 3.63) is 53.3 Å². The maximum absolute atomic E-state index is 15.0. The van der Waals surface area contributed by atoms with Crippen LogP contribution in [0.25, 0.3) is 0 Å². The van der Waals surface area contributed by atoms with Crippen LogP contribution in [0.3, 0.4) is 0 Å². The summed E-state index contributed by atoms with van der Waals surface area (Å²) in [5, 5.41) is 4.83. The van der Waals surface area contributed by atoms with Crippen molar-refractivity contribution in [2.45, 2.75) is 39.5 Å². The molecule has 0 atom stereocenters. The number of anilines is 1. The number of nitrogens with one attached hydrogen (secondary N) is 2. The molecule has 9 nitrogen and oxygen atoms in total. The highest BCUT2D eigenvalue weighted by Crippen LogP contribution is 2.31. The number of amides is 3. The first-order chi connectivity index (χ1) is 15.6. The number of carbonyl (C=O) groups is 3. The van der Waals surface area contributed by atoms with E-state index in [1.54, 1.807) is 39.0 Å². The topological polar surface area (TPSA) is 106 Å². The van der Waals surface area contributed by atoms with Gasteiger partial charge < -0.3 is 19.5 Å². The molecule has 0 aliphatic carbocycles. The molecule has 2 N–H and O–H groups in total. The third-order valence-corrected chi connectivity index (χ3v) is 4.58. The zero-order chi connectivity index (χ0) is 24.2. The van der Waals surface area contributed by atoms with Crippen LogP contribution in [0.4, 0.5) is 19.7 Å². The number of likely N-dealkylation sites (N-methyl/N-ethyl adjacent to an activating group) is 1. The summed E-state index contributed by atoms with van der Waals surface area (Å²) in [5.74, 6) is -0.266. The minimum Gasteiger partial charge on any atom is -0.484 e. The molecule has 0 spiro atoms. The molecule has 2 aromatic rings. The maximum atomic E-state index is 15.0. The molecule has 0 radical (unpaired) electrons. The lowest BCUT2D eigenvalue weighted by Gasteiger charge is -2.28. The summed E-state index contributed by atoms with van der Waals surface area (Å²) in [6, 6.07) is 9.40. The van der Waals surface area contributed by atoms with Crippen molar-refractivity contribution in [3.63, 3.8) is 0 Å². The van der Waals surface area contributed by atoms with Gasteiger partial charge >= 0.3 is 12.2 Å². The second-order valence-corrected chi connectivity index (χ2v) is 8.36. The number of benzene rings is 2. The SMILES string of the molecule is CNC(=O)COc1ccc2c(c1)OC(=O)N(Cc1cccc(NC(=O)OC(C)(C)C)c1F)C2. The van der Waals surface area contributed by atoms with E-state index in [1.807, 2.05) is 0 Å². The average molecular weight is 459 g/mol. The van der Waals surface area contributed by atoms with Gasteiger partial charge in [-0.2, -0.15) is 0 Å². The summed E-state index contributed by atoms with van der Waals surface area (Å²) in [5.41, 5.74) is 0.126. The third kappa shape index (κ3) is 6.34. The van der Waals surface area contributed by atoms with E-state index >= 15 is 0 Å². The predicted octanol–water partition coefficient (Wildman–Crippen LogP) is 3.81. The summed E-state index contributed by atoms with van der Waals surface area (Å²) in [7, 11) is 1.50. The number of carbonyl (C=O) groups excluding carboxylic acids is 3. The maximum Gasteiger partial charge on any atom is 0.415 e. The van der Waals surface area contributed by atoms with Crippen molar-refractivity contribution in [2.24, 2.45) is 0 Å². The van der Waals surface area contributed by atoms with E-state index in [4.69, 9.17) is 14.2 Å². The van der Waals surface area contributed by atoms with Crippen molar-refractivity contribution in [1.82, 2.24) is 10.2 Å². The lowest BCUT2D eigenvalue weighted by atomic mass is 10.1. The molecular formula is C23H26FN3O6. The van der Waals surface area contributed by atoms with Crippen molar-refractivity contribution in [1.29, 1.82) is 0 Å². The molecule has 10 heteroatoms. The summed E-state index contributed by atoms with van der Waals surface area (Å²) in [6.07, 6.45) is -1.44. The number of fused-ring (bicyclic) bond motifs is 1. The van der Waals surface area contributed by atoms with Gasteiger partial charge in [0.25, 0.3) is 5.91 Å². The molecule has 0 bridgehead atoms. The quantitative estimate of drug-likeness (QED) is 0.681. The molecule has 176 valence electrons. The Bertz CT molecular complexity index is 1070. The number of rotatable bonds is 6. The van der Waals surface area contributed by atoms with Gasteiger partial charge in [0.2, 0.25) is 0 Å². The first-order valence-electron chi connectivity index (χ1n) is 10.3. The zero-order valence-electron chi connectivity index (χ0n) is 18.9. The van der Waals surface area contributed by atoms with Crippen molar-refractivity contribution >= 4 is 23.8 Å². The van der Waals surface area contributed by atoms with E-state index in [0.717, 1.165) is 0 Å². The minimum absolute atomic E-state index is 0.0505. The molecule has 0 aromatic heterocycles. The van der Waals surface area contributed by atoms with E-state index in [2.05, 4.69) is 10.6 Å². The number of ether oxygens (including phenoxy) is 3. The average Bonchev–Trinajstić information content (AvgIpc) is 2.73. The summed E-state index contributed by atoms with van der Waals surface area (Å²) >= 11 is 0. The summed E-state index contributed by atoms with van der Waals surface area (Å²) in [6.45, 7) is 5.07. The fourth-order valence-corrected chi connectivity index (χ4v) is 3.04. The third-order valence-electron chi connectivity index (χ3n) is 4.58. The summed E-state index contributed by atoms with van der Waals surface area (Å²) < 4.78 is 30.9. The Morgan fingerprint density at radius 3 is 2.67 bits per heavy atom. The molecule has 1 aliphatic heterocycles. The van der Waals surface area contributed by atoms with E-state index < -0.39 is 23.6 Å². The predicted molar refractivity (Wildman–Crippen MR) is 118 cm³/mol. The fourth-order valence-electron chi connectivity index (χ4n) is 3.04. The number of halogens is 1. The Kier molecular flexibility index (Phi) is 7.05. The van der Waals surface area contributed by atoms with Gasteiger partial charge in [0.15, 0.2) is 12.4 Å². The molecule has 33 heavy (non-hydrogen) atoms. The van der Waals surface area contributed by atoms with Crippen LogP contribution >= 0.6 is 0 Å².